The lowest BCUT2D eigenvalue weighted by molar-refractivity contribution is -0.143. The van der Waals surface area contributed by atoms with Gasteiger partial charge >= 0.3 is 5.97 Å². The van der Waals surface area contributed by atoms with E-state index in [4.69, 9.17) is 9.26 Å². The number of hydrogen-bond donors (Lipinski definition) is 1. The molecule has 0 saturated carbocycles. The van der Waals surface area contributed by atoms with Crippen LogP contribution in [0.1, 0.15) is 36.0 Å². The first kappa shape index (κ1) is 17.9. The summed E-state index contributed by atoms with van der Waals surface area (Å²) in [6.07, 6.45) is 1.16. The fourth-order valence-electron chi connectivity index (χ4n) is 2.93. The van der Waals surface area contributed by atoms with E-state index >= 15 is 0 Å². The molecule has 138 valence electrons. The minimum absolute atomic E-state index is 0.0747. The van der Waals surface area contributed by atoms with Crippen molar-refractivity contribution in [3.63, 3.8) is 0 Å². The molecule has 1 saturated heterocycles. The average Bonchev–Trinajstić information content (AvgIpc) is 3.09. The van der Waals surface area contributed by atoms with Crippen molar-refractivity contribution in [2.75, 3.05) is 6.54 Å². The van der Waals surface area contributed by atoms with Gasteiger partial charge in [-0.05, 0) is 31.9 Å². The molecule has 0 aliphatic carbocycles. The van der Waals surface area contributed by atoms with E-state index in [9.17, 15) is 19.1 Å². The van der Waals surface area contributed by atoms with Crippen molar-refractivity contribution in [2.24, 2.45) is 5.92 Å². The lowest BCUT2D eigenvalue weighted by atomic mass is 9.93. The third kappa shape index (κ3) is 3.84. The van der Waals surface area contributed by atoms with Gasteiger partial charge in [0.05, 0.1) is 5.92 Å². The summed E-state index contributed by atoms with van der Waals surface area (Å²) in [7, 11) is 0. The highest BCUT2D eigenvalue weighted by Crippen LogP contribution is 2.24. The number of benzene rings is 1. The molecule has 7 nitrogen and oxygen atoms in total. The van der Waals surface area contributed by atoms with Crippen LogP contribution in [0.3, 0.4) is 0 Å². The van der Waals surface area contributed by atoms with Crippen molar-refractivity contribution in [1.29, 1.82) is 0 Å². The molecule has 1 N–H and O–H groups in total. The van der Waals surface area contributed by atoms with E-state index < -0.39 is 17.7 Å². The van der Waals surface area contributed by atoms with E-state index in [0.717, 1.165) is 0 Å². The standard InChI is InChI=1S/C18H19FN2O5/c1-11-6-7-12(18(23)24)9-21(11)17(22)15-8-13(26-20-15)10-25-16-5-3-2-4-14(16)19/h2-5,8,11-12H,6-7,9-10H2,1H3,(H,23,24). The molecule has 3 rings (SSSR count). The Morgan fingerprint density at radius 2 is 2.15 bits per heavy atom. The Hall–Kier alpha value is -2.90. The first-order valence-electron chi connectivity index (χ1n) is 8.32. The fraction of sp³-hybridized carbons (Fsp3) is 0.389. The molecular weight excluding hydrogens is 343 g/mol. The zero-order valence-electron chi connectivity index (χ0n) is 14.2. The van der Waals surface area contributed by atoms with Crippen LogP contribution in [0.15, 0.2) is 34.9 Å². The number of carbonyl (C=O) groups is 2. The van der Waals surface area contributed by atoms with Crippen molar-refractivity contribution < 1.29 is 28.3 Å². The maximum absolute atomic E-state index is 13.5. The number of carboxylic acid groups (broad SMARTS) is 1. The Balaban J connectivity index is 1.65. The van der Waals surface area contributed by atoms with Gasteiger partial charge in [0.15, 0.2) is 23.0 Å². The highest BCUT2D eigenvalue weighted by molar-refractivity contribution is 5.92. The Morgan fingerprint density at radius 3 is 2.88 bits per heavy atom. The number of aromatic nitrogens is 1. The third-order valence-electron chi connectivity index (χ3n) is 4.48. The molecule has 1 fully saturated rings. The maximum atomic E-state index is 13.5. The molecule has 0 bridgehead atoms. The predicted octanol–water partition coefficient (Wildman–Crippen LogP) is 2.72. The topological polar surface area (TPSA) is 92.9 Å². The van der Waals surface area contributed by atoms with E-state index in [2.05, 4.69) is 5.16 Å². The molecule has 1 aromatic carbocycles. The van der Waals surface area contributed by atoms with Gasteiger partial charge in [-0.2, -0.15) is 0 Å². The van der Waals surface area contributed by atoms with Crippen LogP contribution in [-0.2, 0) is 11.4 Å². The van der Waals surface area contributed by atoms with Gasteiger partial charge in [0, 0.05) is 18.7 Å². The molecule has 2 unspecified atom stereocenters. The van der Waals surface area contributed by atoms with Crippen molar-refractivity contribution in [2.45, 2.75) is 32.4 Å². The van der Waals surface area contributed by atoms with Gasteiger partial charge in [-0.3, -0.25) is 9.59 Å². The van der Waals surface area contributed by atoms with Gasteiger partial charge in [0.2, 0.25) is 0 Å². The molecule has 26 heavy (non-hydrogen) atoms. The summed E-state index contributed by atoms with van der Waals surface area (Å²) in [5.41, 5.74) is 0.0787. The maximum Gasteiger partial charge on any atom is 0.308 e. The summed E-state index contributed by atoms with van der Waals surface area (Å²) in [4.78, 5) is 25.3. The van der Waals surface area contributed by atoms with Gasteiger partial charge < -0.3 is 19.3 Å². The number of aliphatic carboxylic acids is 1. The van der Waals surface area contributed by atoms with Crippen LogP contribution in [0.5, 0.6) is 5.75 Å². The van der Waals surface area contributed by atoms with Crippen LogP contribution >= 0.6 is 0 Å². The van der Waals surface area contributed by atoms with Gasteiger partial charge in [0.1, 0.15) is 6.61 Å². The zero-order valence-corrected chi connectivity index (χ0v) is 14.2. The number of nitrogens with zero attached hydrogens (tertiary/aromatic N) is 2. The number of hydrogen-bond acceptors (Lipinski definition) is 5. The number of ether oxygens (including phenoxy) is 1. The molecule has 1 amide bonds. The summed E-state index contributed by atoms with van der Waals surface area (Å²) < 4.78 is 23.9. The van der Waals surface area contributed by atoms with Crippen LogP contribution in [0, 0.1) is 11.7 Å². The van der Waals surface area contributed by atoms with Crippen LogP contribution in [-0.4, -0.2) is 39.6 Å². The molecule has 2 heterocycles. The Kier molecular flexibility index (Phi) is 5.20. The number of rotatable bonds is 5. The second-order valence-electron chi connectivity index (χ2n) is 6.32. The Morgan fingerprint density at radius 1 is 1.38 bits per heavy atom. The highest BCUT2D eigenvalue weighted by Gasteiger charge is 2.34. The van der Waals surface area contributed by atoms with Crippen LogP contribution in [0.2, 0.25) is 0 Å². The SMILES string of the molecule is CC1CCC(C(=O)O)CN1C(=O)c1cc(COc2ccccc2F)on1. The van der Waals surface area contributed by atoms with Crippen LogP contribution < -0.4 is 4.74 Å². The highest BCUT2D eigenvalue weighted by atomic mass is 19.1. The lowest BCUT2D eigenvalue weighted by Crippen LogP contribution is -2.47. The Labute approximate surface area is 149 Å². The zero-order chi connectivity index (χ0) is 18.7. The van der Waals surface area contributed by atoms with Crippen LogP contribution in [0.25, 0.3) is 0 Å². The number of amides is 1. The number of likely N-dealkylation sites (tertiary alicyclic amines) is 1. The van der Waals surface area contributed by atoms with Crippen molar-refractivity contribution in [1.82, 2.24) is 10.1 Å². The molecule has 0 spiro atoms. The Bertz CT molecular complexity index is 806. The number of carboxylic acids is 1. The van der Waals surface area contributed by atoms with Crippen molar-refractivity contribution in [3.05, 3.63) is 47.6 Å². The van der Waals surface area contributed by atoms with Crippen molar-refractivity contribution >= 4 is 11.9 Å². The second-order valence-corrected chi connectivity index (χ2v) is 6.32. The predicted molar refractivity (Wildman–Crippen MR) is 88.1 cm³/mol. The van der Waals surface area contributed by atoms with Gasteiger partial charge in [-0.25, -0.2) is 4.39 Å². The third-order valence-corrected chi connectivity index (χ3v) is 4.48. The summed E-state index contributed by atoms with van der Waals surface area (Å²) in [6, 6.07) is 7.32. The molecule has 8 heteroatoms. The average molecular weight is 362 g/mol. The fourth-order valence-corrected chi connectivity index (χ4v) is 2.93. The quantitative estimate of drug-likeness (QED) is 0.879. The minimum Gasteiger partial charge on any atom is -0.482 e. The van der Waals surface area contributed by atoms with Crippen molar-refractivity contribution in [3.8, 4) is 5.75 Å². The monoisotopic (exact) mass is 362 g/mol. The molecule has 2 atom stereocenters. The largest absolute Gasteiger partial charge is 0.482 e. The normalized spacial score (nSPS) is 20.0. The summed E-state index contributed by atoms with van der Waals surface area (Å²) in [6.45, 7) is 1.94. The summed E-state index contributed by atoms with van der Waals surface area (Å²) in [5, 5.41) is 12.9. The minimum atomic E-state index is -0.908. The first-order chi connectivity index (χ1) is 12.5. The van der Waals surface area contributed by atoms with Gasteiger partial charge in [0.25, 0.3) is 5.91 Å². The van der Waals surface area contributed by atoms with E-state index in [1.54, 1.807) is 12.1 Å². The first-order valence-corrected chi connectivity index (χ1v) is 8.32. The number of para-hydroxylation sites is 1. The van der Waals surface area contributed by atoms with E-state index in [0.29, 0.717) is 12.8 Å². The molecule has 1 aliphatic rings. The van der Waals surface area contributed by atoms with Crippen LogP contribution in [0.4, 0.5) is 4.39 Å². The summed E-state index contributed by atoms with van der Waals surface area (Å²) >= 11 is 0. The van der Waals surface area contributed by atoms with Gasteiger partial charge in [-0.15, -0.1) is 0 Å². The second kappa shape index (κ2) is 7.55. The smallest absolute Gasteiger partial charge is 0.308 e. The van der Waals surface area contributed by atoms with E-state index in [1.807, 2.05) is 6.92 Å². The molecule has 0 radical (unpaired) electrons. The summed E-state index contributed by atoms with van der Waals surface area (Å²) in [5.74, 6) is -2.02. The van der Waals surface area contributed by atoms with E-state index in [-0.39, 0.29) is 42.3 Å². The van der Waals surface area contributed by atoms with E-state index in [1.165, 1.54) is 23.1 Å². The lowest BCUT2D eigenvalue weighted by Gasteiger charge is -2.35. The van der Waals surface area contributed by atoms with Gasteiger partial charge in [-0.1, -0.05) is 17.3 Å². The number of piperidine rings is 1. The molecule has 2 aromatic rings. The number of halogens is 1. The molecular formula is C18H19FN2O5. The molecule has 1 aliphatic heterocycles. The molecule has 1 aromatic heterocycles. The number of carbonyl (C=O) groups excluding carboxylic acids is 1.